The lowest BCUT2D eigenvalue weighted by atomic mass is 10.00. The van der Waals surface area contributed by atoms with Crippen LogP contribution in [0.25, 0.3) is 0 Å². The van der Waals surface area contributed by atoms with Crippen LogP contribution < -0.4 is 0 Å². The first-order valence-corrected chi connectivity index (χ1v) is 7.81. The standard InChI is InChI=1S/C17H20N2O3/c1-12-5-4-9-18(11-12)15(20)8-10-19-16(21)13-6-2-3-7-14(13)17(19)22/h2-3,6-7,12H,4-5,8-11H2,1H3/t12-/m1/s1. The fourth-order valence-electron chi connectivity index (χ4n) is 3.22. The van der Waals surface area contributed by atoms with Crippen molar-refractivity contribution in [3.05, 3.63) is 35.4 Å². The van der Waals surface area contributed by atoms with E-state index in [-0.39, 0.29) is 30.7 Å². The van der Waals surface area contributed by atoms with Gasteiger partial charge in [-0.2, -0.15) is 0 Å². The summed E-state index contributed by atoms with van der Waals surface area (Å²) in [5.41, 5.74) is 0.873. The Balaban J connectivity index is 1.62. The molecule has 0 N–H and O–H groups in total. The Morgan fingerprint density at radius 1 is 1.18 bits per heavy atom. The molecule has 2 heterocycles. The van der Waals surface area contributed by atoms with Crippen LogP contribution in [0, 0.1) is 5.92 Å². The van der Waals surface area contributed by atoms with Crippen LogP contribution in [0.15, 0.2) is 24.3 Å². The zero-order chi connectivity index (χ0) is 15.7. The molecule has 1 saturated heterocycles. The predicted molar refractivity (Wildman–Crippen MR) is 81.4 cm³/mol. The van der Waals surface area contributed by atoms with Crippen molar-refractivity contribution in [1.29, 1.82) is 0 Å². The maximum Gasteiger partial charge on any atom is 0.261 e. The highest BCUT2D eigenvalue weighted by molar-refractivity contribution is 6.21. The lowest BCUT2D eigenvalue weighted by molar-refractivity contribution is -0.132. The molecule has 2 aliphatic rings. The first-order chi connectivity index (χ1) is 10.6. The van der Waals surface area contributed by atoms with Gasteiger partial charge in [0.05, 0.1) is 11.1 Å². The Hall–Kier alpha value is -2.17. The van der Waals surface area contributed by atoms with E-state index in [2.05, 4.69) is 6.92 Å². The largest absolute Gasteiger partial charge is 0.342 e. The maximum atomic E-state index is 12.3. The smallest absolute Gasteiger partial charge is 0.261 e. The van der Waals surface area contributed by atoms with Gasteiger partial charge in [-0.15, -0.1) is 0 Å². The quantitative estimate of drug-likeness (QED) is 0.802. The molecule has 116 valence electrons. The predicted octanol–water partition coefficient (Wildman–Crippen LogP) is 1.93. The van der Waals surface area contributed by atoms with Crippen LogP contribution in [-0.4, -0.2) is 47.2 Å². The fourth-order valence-corrected chi connectivity index (χ4v) is 3.22. The minimum absolute atomic E-state index is 0.0307. The van der Waals surface area contributed by atoms with Gasteiger partial charge in [-0.3, -0.25) is 19.3 Å². The molecular formula is C17H20N2O3. The zero-order valence-electron chi connectivity index (χ0n) is 12.7. The maximum absolute atomic E-state index is 12.3. The second-order valence-electron chi connectivity index (χ2n) is 6.14. The third kappa shape index (κ3) is 2.63. The van der Waals surface area contributed by atoms with Gasteiger partial charge in [0.1, 0.15) is 0 Å². The van der Waals surface area contributed by atoms with Crippen LogP contribution in [0.1, 0.15) is 46.9 Å². The third-order valence-electron chi connectivity index (χ3n) is 4.44. The summed E-state index contributed by atoms with van der Waals surface area (Å²) in [5.74, 6) is -0.0269. The number of likely N-dealkylation sites (tertiary alicyclic amines) is 1. The molecule has 1 aromatic carbocycles. The molecule has 3 amide bonds. The van der Waals surface area contributed by atoms with E-state index in [0.717, 1.165) is 25.9 Å². The van der Waals surface area contributed by atoms with Gasteiger partial charge in [-0.25, -0.2) is 0 Å². The summed E-state index contributed by atoms with van der Waals surface area (Å²) in [5, 5.41) is 0. The molecule has 0 spiro atoms. The molecule has 0 aromatic heterocycles. The summed E-state index contributed by atoms with van der Waals surface area (Å²) in [6, 6.07) is 6.80. The normalized spacial score (nSPS) is 21.2. The van der Waals surface area contributed by atoms with E-state index in [0.29, 0.717) is 17.0 Å². The minimum Gasteiger partial charge on any atom is -0.342 e. The highest BCUT2D eigenvalue weighted by atomic mass is 16.2. The van der Waals surface area contributed by atoms with Gasteiger partial charge < -0.3 is 4.90 Å². The molecule has 0 bridgehead atoms. The number of carbonyl (C=O) groups excluding carboxylic acids is 3. The summed E-state index contributed by atoms with van der Waals surface area (Å²) in [6.07, 6.45) is 2.39. The van der Waals surface area contributed by atoms with Gasteiger partial charge in [0.25, 0.3) is 11.8 Å². The topological polar surface area (TPSA) is 57.7 Å². The molecule has 1 atom stereocenters. The van der Waals surface area contributed by atoms with Crippen molar-refractivity contribution in [3.63, 3.8) is 0 Å². The van der Waals surface area contributed by atoms with Crippen molar-refractivity contribution in [2.75, 3.05) is 19.6 Å². The molecule has 1 fully saturated rings. The van der Waals surface area contributed by atoms with E-state index in [1.54, 1.807) is 24.3 Å². The van der Waals surface area contributed by atoms with Crippen LogP contribution in [-0.2, 0) is 4.79 Å². The number of piperidine rings is 1. The monoisotopic (exact) mass is 300 g/mol. The van der Waals surface area contributed by atoms with Crippen LogP contribution in [0.3, 0.4) is 0 Å². The summed E-state index contributed by atoms with van der Waals surface area (Å²) >= 11 is 0. The Labute approximate surface area is 129 Å². The van der Waals surface area contributed by atoms with Crippen molar-refractivity contribution in [1.82, 2.24) is 9.80 Å². The van der Waals surface area contributed by atoms with E-state index < -0.39 is 0 Å². The summed E-state index contributed by atoms with van der Waals surface area (Å²) < 4.78 is 0. The number of hydrogen-bond acceptors (Lipinski definition) is 3. The summed E-state index contributed by atoms with van der Waals surface area (Å²) in [7, 11) is 0. The highest BCUT2D eigenvalue weighted by Gasteiger charge is 2.35. The Kier molecular flexibility index (Phi) is 3.96. The molecule has 2 aliphatic heterocycles. The van der Waals surface area contributed by atoms with E-state index in [4.69, 9.17) is 0 Å². The summed E-state index contributed by atoms with van der Waals surface area (Å²) in [4.78, 5) is 39.8. The van der Waals surface area contributed by atoms with Crippen molar-refractivity contribution < 1.29 is 14.4 Å². The molecule has 0 radical (unpaired) electrons. The molecule has 5 nitrogen and oxygen atoms in total. The average Bonchev–Trinajstić information content (AvgIpc) is 2.77. The Bertz CT molecular complexity index is 591. The first-order valence-electron chi connectivity index (χ1n) is 7.81. The van der Waals surface area contributed by atoms with Crippen LogP contribution >= 0.6 is 0 Å². The van der Waals surface area contributed by atoms with Gasteiger partial charge in [0, 0.05) is 26.1 Å². The number of benzene rings is 1. The second kappa shape index (κ2) is 5.91. The molecule has 5 heteroatoms. The molecule has 3 rings (SSSR count). The zero-order valence-corrected chi connectivity index (χ0v) is 12.7. The SMILES string of the molecule is C[C@@H]1CCCN(C(=O)CCN2C(=O)c3ccccc3C2=O)C1. The lowest BCUT2D eigenvalue weighted by Crippen LogP contribution is -2.41. The molecular weight excluding hydrogens is 280 g/mol. The van der Waals surface area contributed by atoms with Gasteiger partial charge in [0.15, 0.2) is 0 Å². The average molecular weight is 300 g/mol. The Morgan fingerprint density at radius 2 is 1.82 bits per heavy atom. The van der Waals surface area contributed by atoms with E-state index in [1.165, 1.54) is 4.90 Å². The van der Waals surface area contributed by atoms with E-state index in [1.807, 2.05) is 4.90 Å². The van der Waals surface area contributed by atoms with Crippen molar-refractivity contribution in [2.45, 2.75) is 26.2 Å². The van der Waals surface area contributed by atoms with E-state index >= 15 is 0 Å². The second-order valence-corrected chi connectivity index (χ2v) is 6.14. The van der Waals surface area contributed by atoms with Crippen molar-refractivity contribution >= 4 is 17.7 Å². The van der Waals surface area contributed by atoms with Gasteiger partial charge >= 0.3 is 0 Å². The summed E-state index contributed by atoms with van der Waals surface area (Å²) in [6.45, 7) is 3.87. The number of imide groups is 1. The van der Waals surface area contributed by atoms with Crippen molar-refractivity contribution in [2.24, 2.45) is 5.92 Å². The number of carbonyl (C=O) groups is 3. The van der Waals surface area contributed by atoms with E-state index in [9.17, 15) is 14.4 Å². The number of rotatable bonds is 3. The van der Waals surface area contributed by atoms with Crippen LogP contribution in [0.5, 0.6) is 0 Å². The lowest BCUT2D eigenvalue weighted by Gasteiger charge is -2.31. The number of nitrogens with zero attached hydrogens (tertiary/aromatic N) is 2. The number of hydrogen-bond donors (Lipinski definition) is 0. The van der Waals surface area contributed by atoms with Gasteiger partial charge in [-0.1, -0.05) is 19.1 Å². The number of amides is 3. The molecule has 1 aromatic rings. The molecule has 0 saturated carbocycles. The highest BCUT2D eigenvalue weighted by Crippen LogP contribution is 2.23. The fraction of sp³-hybridized carbons (Fsp3) is 0.471. The molecule has 22 heavy (non-hydrogen) atoms. The first kappa shape index (κ1) is 14.8. The molecule has 0 unspecified atom stereocenters. The third-order valence-corrected chi connectivity index (χ3v) is 4.44. The Morgan fingerprint density at radius 3 is 2.41 bits per heavy atom. The molecule has 0 aliphatic carbocycles. The van der Waals surface area contributed by atoms with Crippen LogP contribution in [0.4, 0.5) is 0 Å². The van der Waals surface area contributed by atoms with Crippen LogP contribution in [0.2, 0.25) is 0 Å². The van der Waals surface area contributed by atoms with Crippen molar-refractivity contribution in [3.8, 4) is 0 Å². The van der Waals surface area contributed by atoms with Gasteiger partial charge in [-0.05, 0) is 30.9 Å². The number of fused-ring (bicyclic) bond motifs is 1. The minimum atomic E-state index is -0.291. The van der Waals surface area contributed by atoms with Gasteiger partial charge in [0.2, 0.25) is 5.91 Å².